The summed E-state index contributed by atoms with van der Waals surface area (Å²) in [6.45, 7) is -0.204. The second kappa shape index (κ2) is 8.20. The molecule has 7 nitrogen and oxygen atoms in total. The summed E-state index contributed by atoms with van der Waals surface area (Å²) in [4.78, 5) is 20.9. The van der Waals surface area contributed by atoms with Gasteiger partial charge < -0.3 is 19.2 Å². The van der Waals surface area contributed by atoms with Crippen LogP contribution in [0.1, 0.15) is 0 Å². The fraction of sp³-hybridized carbons (Fsp3) is 0.0952. The maximum absolute atomic E-state index is 12.4. The first-order valence-corrected chi connectivity index (χ1v) is 9.09. The lowest BCUT2D eigenvalue weighted by atomic mass is 10.2. The topological polar surface area (TPSA) is 86.5 Å². The summed E-state index contributed by atoms with van der Waals surface area (Å²) < 4.78 is 16.6. The predicted octanol–water partition coefficient (Wildman–Crippen LogP) is 4.57. The lowest BCUT2D eigenvalue weighted by Crippen LogP contribution is -2.20. The molecule has 29 heavy (non-hydrogen) atoms. The SMILES string of the molecule is COc1ccc(-c2nc3ncccc3o2)cc1NC(=O)COc1ccccc1Cl. The van der Waals surface area contributed by atoms with E-state index in [1.54, 1.807) is 60.8 Å². The van der Waals surface area contributed by atoms with Gasteiger partial charge in [-0.3, -0.25) is 4.79 Å². The average Bonchev–Trinajstić information content (AvgIpc) is 3.17. The molecule has 2 aromatic heterocycles. The van der Waals surface area contributed by atoms with Gasteiger partial charge in [0.05, 0.1) is 17.8 Å². The number of carbonyl (C=O) groups is 1. The molecular weight excluding hydrogens is 394 g/mol. The Kier molecular flexibility index (Phi) is 5.31. The highest BCUT2D eigenvalue weighted by Crippen LogP contribution is 2.31. The molecule has 2 aromatic carbocycles. The molecule has 0 fully saturated rings. The molecule has 0 unspecified atom stereocenters. The molecule has 0 bridgehead atoms. The average molecular weight is 410 g/mol. The van der Waals surface area contributed by atoms with Crippen molar-refractivity contribution in [2.45, 2.75) is 0 Å². The predicted molar refractivity (Wildman–Crippen MR) is 109 cm³/mol. The normalized spacial score (nSPS) is 10.7. The lowest BCUT2D eigenvalue weighted by molar-refractivity contribution is -0.118. The third kappa shape index (κ3) is 4.14. The Bertz CT molecular complexity index is 1140. The van der Waals surface area contributed by atoms with E-state index in [2.05, 4.69) is 15.3 Å². The minimum atomic E-state index is -0.361. The van der Waals surface area contributed by atoms with Gasteiger partial charge in [-0.05, 0) is 42.5 Å². The molecule has 0 radical (unpaired) electrons. The van der Waals surface area contributed by atoms with E-state index < -0.39 is 0 Å². The zero-order chi connectivity index (χ0) is 20.2. The van der Waals surface area contributed by atoms with Crippen LogP contribution in [0.3, 0.4) is 0 Å². The molecule has 1 N–H and O–H groups in total. The Balaban J connectivity index is 1.53. The maximum atomic E-state index is 12.4. The van der Waals surface area contributed by atoms with Crippen LogP contribution in [-0.2, 0) is 4.79 Å². The summed E-state index contributed by atoms with van der Waals surface area (Å²) in [6, 6.07) is 15.7. The summed E-state index contributed by atoms with van der Waals surface area (Å²) in [5, 5.41) is 3.21. The summed E-state index contributed by atoms with van der Waals surface area (Å²) in [5.41, 5.74) is 2.23. The number of amides is 1. The highest BCUT2D eigenvalue weighted by Gasteiger charge is 2.14. The molecule has 2 heterocycles. The van der Waals surface area contributed by atoms with Gasteiger partial charge >= 0.3 is 0 Å². The van der Waals surface area contributed by atoms with E-state index in [4.69, 9.17) is 25.5 Å². The van der Waals surface area contributed by atoms with Gasteiger partial charge in [0.15, 0.2) is 17.8 Å². The number of hydrogen-bond donors (Lipinski definition) is 1. The third-order valence-corrected chi connectivity index (χ3v) is 4.39. The summed E-state index contributed by atoms with van der Waals surface area (Å²) in [7, 11) is 1.52. The standard InChI is InChI=1S/C21H16ClN3O4/c1-27-17-9-8-13(21-25-20-18(29-21)7-4-10-23-20)11-15(17)24-19(26)12-28-16-6-3-2-5-14(16)22/h2-11H,12H2,1H3,(H,24,26). The zero-order valence-corrected chi connectivity index (χ0v) is 16.1. The van der Waals surface area contributed by atoms with Crippen LogP contribution in [-0.4, -0.2) is 29.6 Å². The number of fused-ring (bicyclic) bond motifs is 1. The highest BCUT2D eigenvalue weighted by molar-refractivity contribution is 6.32. The Morgan fingerprint density at radius 3 is 2.79 bits per heavy atom. The van der Waals surface area contributed by atoms with Crippen LogP contribution < -0.4 is 14.8 Å². The molecule has 0 spiro atoms. The van der Waals surface area contributed by atoms with Crippen molar-refractivity contribution in [1.82, 2.24) is 9.97 Å². The van der Waals surface area contributed by atoms with Gasteiger partial charge in [-0.25, -0.2) is 4.98 Å². The Hall–Kier alpha value is -3.58. The van der Waals surface area contributed by atoms with Gasteiger partial charge in [-0.15, -0.1) is 0 Å². The molecule has 146 valence electrons. The molecule has 0 atom stereocenters. The summed E-state index contributed by atoms with van der Waals surface area (Å²) in [6.07, 6.45) is 1.65. The molecule has 0 aliphatic heterocycles. The fourth-order valence-electron chi connectivity index (χ4n) is 2.72. The Labute approximate surface area is 171 Å². The number of nitrogens with one attached hydrogen (secondary N) is 1. The van der Waals surface area contributed by atoms with Crippen molar-refractivity contribution in [3.05, 3.63) is 65.8 Å². The van der Waals surface area contributed by atoms with Crippen molar-refractivity contribution in [2.75, 3.05) is 19.0 Å². The molecule has 0 aliphatic carbocycles. The van der Waals surface area contributed by atoms with Crippen molar-refractivity contribution in [3.8, 4) is 23.0 Å². The quantitative estimate of drug-likeness (QED) is 0.502. The van der Waals surface area contributed by atoms with E-state index in [1.165, 1.54) is 7.11 Å². The number of para-hydroxylation sites is 1. The Morgan fingerprint density at radius 1 is 1.14 bits per heavy atom. The first-order chi connectivity index (χ1) is 14.1. The third-order valence-electron chi connectivity index (χ3n) is 4.08. The fourth-order valence-corrected chi connectivity index (χ4v) is 2.91. The number of nitrogens with zero attached hydrogens (tertiary/aromatic N) is 2. The minimum absolute atomic E-state index is 0.204. The first kappa shape index (κ1) is 18.8. The molecule has 0 saturated heterocycles. The van der Waals surface area contributed by atoms with E-state index in [-0.39, 0.29) is 12.5 Å². The van der Waals surface area contributed by atoms with Crippen molar-refractivity contribution in [2.24, 2.45) is 0 Å². The number of ether oxygens (including phenoxy) is 2. The molecule has 0 aliphatic rings. The number of methoxy groups -OCH3 is 1. The van der Waals surface area contributed by atoms with Gasteiger partial charge in [-0.1, -0.05) is 23.7 Å². The van der Waals surface area contributed by atoms with Crippen LogP contribution in [0.2, 0.25) is 5.02 Å². The van der Waals surface area contributed by atoms with Gasteiger partial charge in [0.1, 0.15) is 11.5 Å². The van der Waals surface area contributed by atoms with Gasteiger partial charge in [0.25, 0.3) is 5.91 Å². The second-order valence-electron chi connectivity index (χ2n) is 6.03. The van der Waals surface area contributed by atoms with Crippen molar-refractivity contribution in [3.63, 3.8) is 0 Å². The van der Waals surface area contributed by atoms with Crippen LogP contribution in [0, 0.1) is 0 Å². The first-order valence-electron chi connectivity index (χ1n) is 8.71. The maximum Gasteiger partial charge on any atom is 0.262 e. The second-order valence-corrected chi connectivity index (χ2v) is 6.43. The van der Waals surface area contributed by atoms with Gasteiger partial charge in [0, 0.05) is 11.8 Å². The largest absolute Gasteiger partial charge is 0.495 e. The monoisotopic (exact) mass is 409 g/mol. The number of halogens is 1. The molecule has 4 rings (SSSR count). The highest BCUT2D eigenvalue weighted by atomic mass is 35.5. The van der Waals surface area contributed by atoms with E-state index in [0.717, 1.165) is 0 Å². The molecule has 0 saturated carbocycles. The lowest BCUT2D eigenvalue weighted by Gasteiger charge is -2.12. The molecule has 1 amide bonds. The zero-order valence-electron chi connectivity index (χ0n) is 15.4. The van der Waals surface area contributed by atoms with Crippen LogP contribution in [0.5, 0.6) is 11.5 Å². The Morgan fingerprint density at radius 2 is 2.00 bits per heavy atom. The smallest absolute Gasteiger partial charge is 0.262 e. The number of oxazole rings is 1. The molecule has 8 heteroatoms. The number of hydrogen-bond acceptors (Lipinski definition) is 6. The van der Waals surface area contributed by atoms with Crippen LogP contribution in [0.15, 0.2) is 65.2 Å². The molecular formula is C21H16ClN3O4. The van der Waals surface area contributed by atoms with Gasteiger partial charge in [0.2, 0.25) is 5.89 Å². The number of pyridine rings is 1. The minimum Gasteiger partial charge on any atom is -0.495 e. The molecule has 4 aromatic rings. The van der Waals surface area contributed by atoms with E-state index in [9.17, 15) is 4.79 Å². The summed E-state index contributed by atoms with van der Waals surface area (Å²) in [5.74, 6) is 0.960. The van der Waals surface area contributed by atoms with E-state index in [1.807, 2.05) is 0 Å². The van der Waals surface area contributed by atoms with Crippen LogP contribution in [0.25, 0.3) is 22.7 Å². The van der Waals surface area contributed by atoms with Crippen molar-refractivity contribution >= 4 is 34.4 Å². The number of benzene rings is 2. The summed E-state index contributed by atoms with van der Waals surface area (Å²) >= 11 is 6.04. The van der Waals surface area contributed by atoms with Gasteiger partial charge in [-0.2, -0.15) is 4.98 Å². The van der Waals surface area contributed by atoms with E-state index >= 15 is 0 Å². The van der Waals surface area contributed by atoms with E-state index in [0.29, 0.717) is 44.9 Å². The number of rotatable bonds is 6. The van der Waals surface area contributed by atoms with Crippen LogP contribution >= 0.6 is 11.6 Å². The number of aromatic nitrogens is 2. The number of anilines is 1. The van der Waals surface area contributed by atoms with Crippen LogP contribution in [0.4, 0.5) is 5.69 Å². The van der Waals surface area contributed by atoms with Crippen molar-refractivity contribution in [1.29, 1.82) is 0 Å². The number of carbonyl (C=O) groups excluding carboxylic acids is 1. The van der Waals surface area contributed by atoms with Crippen molar-refractivity contribution < 1.29 is 18.7 Å².